The molecule has 2 N–H and O–H groups in total. The Morgan fingerprint density at radius 3 is 2.78 bits per heavy atom. The van der Waals surface area contributed by atoms with Crippen molar-refractivity contribution in [2.75, 3.05) is 18.5 Å². The maximum atomic E-state index is 13.6. The van der Waals surface area contributed by atoms with Gasteiger partial charge in [0.1, 0.15) is 5.82 Å². The molecule has 1 aromatic heterocycles. The molecule has 1 unspecified atom stereocenters. The first kappa shape index (κ1) is 17.1. The molecule has 0 radical (unpaired) electrons. The van der Waals surface area contributed by atoms with E-state index in [1.165, 1.54) is 12.1 Å². The predicted molar refractivity (Wildman–Crippen MR) is 86.2 cm³/mol. The number of rotatable bonds is 7. The summed E-state index contributed by atoms with van der Waals surface area (Å²) >= 11 is 0. The van der Waals surface area contributed by atoms with Crippen LogP contribution in [0.1, 0.15) is 12.5 Å². The largest absolute Gasteiger partial charge is 0.395 e. The highest BCUT2D eigenvalue weighted by Gasteiger charge is 2.22. The monoisotopic (exact) mass is 317 g/mol. The third kappa shape index (κ3) is 4.84. The lowest BCUT2D eigenvalue weighted by molar-refractivity contribution is -0.121. The van der Waals surface area contributed by atoms with Crippen molar-refractivity contribution in [2.45, 2.75) is 19.5 Å². The Morgan fingerprint density at radius 2 is 2.13 bits per heavy atom. The summed E-state index contributed by atoms with van der Waals surface area (Å²) < 4.78 is 13.6. The van der Waals surface area contributed by atoms with E-state index >= 15 is 0 Å². The zero-order valence-corrected chi connectivity index (χ0v) is 12.9. The minimum absolute atomic E-state index is 0.0718. The quantitative estimate of drug-likeness (QED) is 0.820. The number of benzene rings is 1. The molecule has 0 saturated heterocycles. The van der Waals surface area contributed by atoms with Crippen LogP contribution in [0.4, 0.5) is 10.1 Å². The van der Waals surface area contributed by atoms with Gasteiger partial charge in [0.25, 0.3) is 0 Å². The third-order valence-corrected chi connectivity index (χ3v) is 3.55. The number of nitrogens with one attached hydrogen (secondary N) is 1. The second-order valence-electron chi connectivity index (χ2n) is 5.20. The minimum atomic E-state index is -0.526. The Kier molecular flexibility index (Phi) is 6.19. The number of aliphatic hydroxyl groups is 1. The summed E-state index contributed by atoms with van der Waals surface area (Å²) in [5.41, 5.74) is 1.08. The van der Waals surface area contributed by atoms with E-state index in [4.69, 9.17) is 0 Å². The first-order valence-corrected chi connectivity index (χ1v) is 7.41. The normalized spacial score (nSPS) is 12.2. The summed E-state index contributed by atoms with van der Waals surface area (Å²) in [6.45, 7) is 2.46. The SMILES string of the molecule is CC(C(=O)Nc1ccccc1F)N(CCO)Cc1cccnc1. The number of aliphatic hydroxyl groups excluding tert-OH is 1. The number of hydrogen-bond acceptors (Lipinski definition) is 4. The number of amides is 1. The van der Waals surface area contributed by atoms with E-state index in [-0.39, 0.29) is 18.2 Å². The zero-order valence-electron chi connectivity index (χ0n) is 12.9. The highest BCUT2D eigenvalue weighted by atomic mass is 19.1. The van der Waals surface area contributed by atoms with Crippen LogP contribution >= 0.6 is 0 Å². The maximum Gasteiger partial charge on any atom is 0.241 e. The number of anilines is 1. The summed E-state index contributed by atoms with van der Waals surface area (Å²) in [6.07, 6.45) is 3.39. The Bertz CT molecular complexity index is 637. The number of carbonyl (C=O) groups is 1. The summed E-state index contributed by atoms with van der Waals surface area (Å²) in [7, 11) is 0. The molecule has 0 bridgehead atoms. The first-order chi connectivity index (χ1) is 11.1. The molecule has 1 amide bonds. The molecule has 5 nitrogen and oxygen atoms in total. The van der Waals surface area contributed by atoms with Gasteiger partial charge in [-0.2, -0.15) is 0 Å². The number of halogens is 1. The van der Waals surface area contributed by atoms with Gasteiger partial charge in [-0.05, 0) is 30.7 Å². The van der Waals surface area contributed by atoms with E-state index in [9.17, 15) is 14.3 Å². The van der Waals surface area contributed by atoms with Crippen LogP contribution in [0.2, 0.25) is 0 Å². The Hall–Kier alpha value is -2.31. The number of pyridine rings is 1. The summed E-state index contributed by atoms with van der Waals surface area (Å²) in [6, 6.07) is 9.22. The van der Waals surface area contributed by atoms with Gasteiger partial charge in [0, 0.05) is 25.5 Å². The minimum Gasteiger partial charge on any atom is -0.395 e. The first-order valence-electron chi connectivity index (χ1n) is 7.41. The molecule has 0 spiro atoms. The van der Waals surface area contributed by atoms with Gasteiger partial charge in [-0.25, -0.2) is 4.39 Å². The lowest BCUT2D eigenvalue weighted by Gasteiger charge is -2.27. The van der Waals surface area contributed by atoms with Crippen molar-refractivity contribution in [3.05, 3.63) is 60.2 Å². The lowest BCUT2D eigenvalue weighted by Crippen LogP contribution is -2.43. The predicted octanol–water partition coefficient (Wildman–Crippen LogP) is 2.04. The number of para-hydroxylation sites is 1. The van der Waals surface area contributed by atoms with Gasteiger partial charge >= 0.3 is 0 Å². The molecule has 0 aliphatic heterocycles. The fraction of sp³-hybridized carbons (Fsp3) is 0.294. The second kappa shape index (κ2) is 8.36. The van der Waals surface area contributed by atoms with Gasteiger partial charge in [0.15, 0.2) is 0 Å². The van der Waals surface area contributed by atoms with Gasteiger partial charge in [-0.1, -0.05) is 18.2 Å². The highest BCUT2D eigenvalue weighted by Crippen LogP contribution is 2.14. The van der Waals surface area contributed by atoms with Gasteiger partial charge in [-0.15, -0.1) is 0 Å². The smallest absolute Gasteiger partial charge is 0.241 e. The average molecular weight is 317 g/mol. The third-order valence-electron chi connectivity index (χ3n) is 3.55. The van der Waals surface area contributed by atoms with Crippen molar-refractivity contribution >= 4 is 11.6 Å². The molecule has 2 aromatic rings. The van der Waals surface area contributed by atoms with Gasteiger partial charge in [0.05, 0.1) is 18.3 Å². The molecular weight excluding hydrogens is 297 g/mol. The number of nitrogens with zero attached hydrogens (tertiary/aromatic N) is 2. The van der Waals surface area contributed by atoms with E-state index in [0.717, 1.165) is 5.56 Å². The molecule has 1 heterocycles. The van der Waals surface area contributed by atoms with Crippen molar-refractivity contribution in [1.29, 1.82) is 0 Å². The van der Waals surface area contributed by atoms with Gasteiger partial charge < -0.3 is 10.4 Å². The molecule has 2 rings (SSSR count). The van der Waals surface area contributed by atoms with Crippen LogP contribution in [0.15, 0.2) is 48.8 Å². The van der Waals surface area contributed by atoms with Crippen LogP contribution in [0.3, 0.4) is 0 Å². The Labute approximate surface area is 134 Å². The van der Waals surface area contributed by atoms with Crippen molar-refractivity contribution in [3.63, 3.8) is 0 Å². The molecule has 0 fully saturated rings. The fourth-order valence-electron chi connectivity index (χ4n) is 2.23. The van der Waals surface area contributed by atoms with E-state index in [2.05, 4.69) is 10.3 Å². The summed E-state index contributed by atoms with van der Waals surface area (Å²) in [5, 5.41) is 11.8. The van der Waals surface area contributed by atoms with Crippen molar-refractivity contribution in [3.8, 4) is 0 Å². The lowest BCUT2D eigenvalue weighted by atomic mass is 10.2. The molecule has 0 saturated carbocycles. The highest BCUT2D eigenvalue weighted by molar-refractivity contribution is 5.94. The maximum absolute atomic E-state index is 13.6. The second-order valence-corrected chi connectivity index (χ2v) is 5.20. The van der Waals surface area contributed by atoms with Gasteiger partial charge in [-0.3, -0.25) is 14.7 Å². The number of carbonyl (C=O) groups excluding carboxylic acids is 1. The molecule has 0 aliphatic carbocycles. The van der Waals surface area contributed by atoms with Crippen LogP contribution in [0, 0.1) is 5.82 Å². The van der Waals surface area contributed by atoms with Crippen molar-refractivity contribution in [2.24, 2.45) is 0 Å². The summed E-state index contributed by atoms with van der Waals surface area (Å²) in [4.78, 5) is 18.2. The van der Waals surface area contributed by atoms with E-state index in [1.807, 2.05) is 17.0 Å². The Morgan fingerprint density at radius 1 is 1.35 bits per heavy atom. The van der Waals surface area contributed by atoms with Crippen LogP contribution in [-0.4, -0.2) is 40.1 Å². The molecule has 1 aromatic carbocycles. The molecule has 1 atom stereocenters. The van der Waals surface area contributed by atoms with E-state index in [1.54, 1.807) is 31.5 Å². The van der Waals surface area contributed by atoms with E-state index < -0.39 is 11.9 Å². The van der Waals surface area contributed by atoms with Gasteiger partial charge in [0.2, 0.25) is 5.91 Å². The Balaban J connectivity index is 2.06. The average Bonchev–Trinajstić information content (AvgIpc) is 2.57. The number of aromatic nitrogens is 1. The molecule has 122 valence electrons. The van der Waals surface area contributed by atoms with Crippen LogP contribution in [-0.2, 0) is 11.3 Å². The van der Waals surface area contributed by atoms with E-state index in [0.29, 0.717) is 13.1 Å². The van der Waals surface area contributed by atoms with Crippen LogP contribution in [0.25, 0.3) is 0 Å². The van der Waals surface area contributed by atoms with Crippen molar-refractivity contribution < 1.29 is 14.3 Å². The molecule has 23 heavy (non-hydrogen) atoms. The molecule has 6 heteroatoms. The van der Waals surface area contributed by atoms with Crippen molar-refractivity contribution in [1.82, 2.24) is 9.88 Å². The topological polar surface area (TPSA) is 65.5 Å². The van der Waals surface area contributed by atoms with Crippen LogP contribution in [0.5, 0.6) is 0 Å². The van der Waals surface area contributed by atoms with Crippen LogP contribution < -0.4 is 5.32 Å². The molecular formula is C17H20FN3O2. The number of hydrogen-bond donors (Lipinski definition) is 2. The molecule has 0 aliphatic rings. The fourth-order valence-corrected chi connectivity index (χ4v) is 2.23. The summed E-state index contributed by atoms with van der Waals surface area (Å²) in [5.74, 6) is -0.804. The zero-order chi connectivity index (χ0) is 16.7. The standard InChI is InChI=1S/C17H20FN3O2/c1-13(17(23)20-16-7-3-2-6-15(16)18)21(9-10-22)12-14-5-4-8-19-11-14/h2-8,11,13,22H,9-10,12H2,1H3,(H,20,23).